The summed E-state index contributed by atoms with van der Waals surface area (Å²) < 4.78 is 5.43. The van der Waals surface area contributed by atoms with Crippen molar-refractivity contribution in [3.8, 4) is 5.75 Å². The van der Waals surface area contributed by atoms with E-state index in [1.807, 2.05) is 25.1 Å². The molecular weight excluding hydrogens is 295 g/mol. The summed E-state index contributed by atoms with van der Waals surface area (Å²) in [5, 5.41) is 1.20. The highest BCUT2D eigenvalue weighted by Gasteiger charge is 2.19. The molecule has 3 N–H and O–H groups in total. The van der Waals surface area contributed by atoms with Crippen molar-refractivity contribution in [2.45, 2.75) is 13.0 Å². The average Bonchev–Trinajstić information content (AvgIpc) is 2.44. The van der Waals surface area contributed by atoms with Crippen LogP contribution < -0.4 is 16.0 Å². The molecule has 0 aromatic heterocycles. The summed E-state index contributed by atoms with van der Waals surface area (Å²) >= 11 is 12.3. The molecule has 0 aliphatic rings. The highest BCUT2D eigenvalue weighted by Crippen LogP contribution is 2.34. The quantitative estimate of drug-likeness (QED) is 0.666. The molecular formula is C15H16Cl2N2O. The Morgan fingerprint density at radius 1 is 1.10 bits per heavy atom. The largest absolute Gasteiger partial charge is 0.496 e. The van der Waals surface area contributed by atoms with E-state index in [1.54, 1.807) is 25.3 Å². The number of rotatable bonds is 4. The van der Waals surface area contributed by atoms with Gasteiger partial charge >= 0.3 is 0 Å². The van der Waals surface area contributed by atoms with Gasteiger partial charge in [-0.15, -0.1) is 0 Å². The summed E-state index contributed by atoms with van der Waals surface area (Å²) in [6, 6.07) is 10.9. The standard InChI is InChI=1S/C15H16Cl2N2O/c1-9-3-5-11(14(7-9)20-2)15(19-18)12-8-10(16)4-6-13(12)17/h3-8,15,19H,18H2,1-2H3. The number of nitrogens with one attached hydrogen (secondary N) is 1. The van der Waals surface area contributed by atoms with Crippen LogP contribution >= 0.6 is 23.2 Å². The molecule has 2 rings (SSSR count). The molecule has 2 aromatic rings. The van der Waals surface area contributed by atoms with Crippen molar-refractivity contribution in [1.29, 1.82) is 0 Å². The van der Waals surface area contributed by atoms with E-state index in [2.05, 4.69) is 5.43 Å². The van der Waals surface area contributed by atoms with Crippen LogP contribution in [0.25, 0.3) is 0 Å². The molecule has 106 valence electrons. The van der Waals surface area contributed by atoms with Crippen molar-refractivity contribution in [3.05, 3.63) is 63.1 Å². The Bertz CT molecular complexity index is 617. The molecule has 0 saturated heterocycles. The zero-order valence-corrected chi connectivity index (χ0v) is 12.8. The molecule has 0 spiro atoms. The fourth-order valence-corrected chi connectivity index (χ4v) is 2.55. The van der Waals surface area contributed by atoms with Crippen LogP contribution in [0.1, 0.15) is 22.7 Å². The third-order valence-electron chi connectivity index (χ3n) is 3.14. The topological polar surface area (TPSA) is 47.3 Å². The van der Waals surface area contributed by atoms with Gasteiger partial charge in [-0.25, -0.2) is 5.43 Å². The first kappa shape index (κ1) is 15.1. The second kappa shape index (κ2) is 6.46. The van der Waals surface area contributed by atoms with E-state index in [0.717, 1.165) is 22.4 Å². The Balaban J connectivity index is 2.55. The first-order valence-electron chi connectivity index (χ1n) is 6.12. The molecule has 20 heavy (non-hydrogen) atoms. The van der Waals surface area contributed by atoms with Gasteiger partial charge in [0.15, 0.2) is 0 Å². The minimum atomic E-state index is -0.295. The van der Waals surface area contributed by atoms with Crippen LogP contribution in [0.5, 0.6) is 5.75 Å². The number of methoxy groups -OCH3 is 1. The molecule has 1 unspecified atom stereocenters. The minimum absolute atomic E-state index is 0.295. The van der Waals surface area contributed by atoms with Gasteiger partial charge in [-0.2, -0.15) is 0 Å². The van der Waals surface area contributed by atoms with E-state index in [0.29, 0.717) is 10.0 Å². The Kier molecular flexibility index (Phi) is 4.89. The van der Waals surface area contributed by atoms with Gasteiger partial charge in [0, 0.05) is 15.6 Å². The van der Waals surface area contributed by atoms with Crippen molar-refractivity contribution in [1.82, 2.24) is 5.43 Å². The van der Waals surface area contributed by atoms with Gasteiger partial charge in [0.2, 0.25) is 0 Å². The summed E-state index contributed by atoms with van der Waals surface area (Å²) in [5.74, 6) is 6.46. The maximum atomic E-state index is 6.25. The second-order valence-corrected chi connectivity index (χ2v) is 5.35. The second-order valence-electron chi connectivity index (χ2n) is 4.51. The van der Waals surface area contributed by atoms with E-state index in [-0.39, 0.29) is 6.04 Å². The number of hydrazine groups is 1. The number of hydrogen-bond acceptors (Lipinski definition) is 3. The maximum Gasteiger partial charge on any atom is 0.124 e. The van der Waals surface area contributed by atoms with Crippen molar-refractivity contribution >= 4 is 23.2 Å². The Labute approximate surface area is 128 Å². The van der Waals surface area contributed by atoms with Crippen molar-refractivity contribution in [2.24, 2.45) is 5.84 Å². The van der Waals surface area contributed by atoms with Crippen molar-refractivity contribution < 1.29 is 4.74 Å². The third kappa shape index (κ3) is 3.07. The fraction of sp³-hybridized carbons (Fsp3) is 0.200. The summed E-state index contributed by atoms with van der Waals surface area (Å²) in [7, 11) is 1.63. The van der Waals surface area contributed by atoms with E-state index in [1.165, 1.54) is 0 Å². The molecule has 0 fully saturated rings. The summed E-state index contributed by atoms with van der Waals surface area (Å²) in [6.07, 6.45) is 0. The zero-order valence-electron chi connectivity index (χ0n) is 11.3. The molecule has 0 aliphatic carbocycles. The Morgan fingerprint density at radius 2 is 1.85 bits per heavy atom. The first-order valence-corrected chi connectivity index (χ1v) is 6.88. The van der Waals surface area contributed by atoms with Crippen LogP contribution in [0.15, 0.2) is 36.4 Å². The lowest BCUT2D eigenvalue weighted by Gasteiger charge is -2.21. The van der Waals surface area contributed by atoms with Crippen molar-refractivity contribution in [2.75, 3.05) is 7.11 Å². The van der Waals surface area contributed by atoms with Crippen LogP contribution in [0.3, 0.4) is 0 Å². The number of nitrogens with two attached hydrogens (primary N) is 1. The molecule has 0 radical (unpaired) electrons. The van der Waals surface area contributed by atoms with E-state index < -0.39 is 0 Å². The molecule has 0 saturated carbocycles. The smallest absolute Gasteiger partial charge is 0.124 e. The molecule has 0 amide bonds. The molecule has 0 bridgehead atoms. The Hall–Kier alpha value is -1.26. The molecule has 3 nitrogen and oxygen atoms in total. The Morgan fingerprint density at radius 3 is 2.50 bits per heavy atom. The lowest BCUT2D eigenvalue weighted by Crippen LogP contribution is -2.29. The maximum absolute atomic E-state index is 6.25. The van der Waals surface area contributed by atoms with Gasteiger partial charge < -0.3 is 4.74 Å². The number of aryl methyl sites for hydroxylation is 1. The average molecular weight is 311 g/mol. The predicted molar refractivity (Wildman–Crippen MR) is 83.4 cm³/mol. The van der Waals surface area contributed by atoms with Gasteiger partial charge in [-0.3, -0.25) is 5.84 Å². The molecule has 0 aliphatic heterocycles. The van der Waals surface area contributed by atoms with E-state index in [4.69, 9.17) is 33.8 Å². The fourth-order valence-electron chi connectivity index (χ4n) is 2.14. The third-order valence-corrected chi connectivity index (χ3v) is 3.72. The number of benzene rings is 2. The SMILES string of the molecule is COc1cc(C)ccc1C(NN)c1cc(Cl)ccc1Cl. The van der Waals surface area contributed by atoms with Gasteiger partial charge in [0.05, 0.1) is 13.2 Å². The van der Waals surface area contributed by atoms with E-state index in [9.17, 15) is 0 Å². The normalized spacial score (nSPS) is 12.2. The number of ether oxygens (including phenoxy) is 1. The molecule has 2 aromatic carbocycles. The lowest BCUT2D eigenvalue weighted by molar-refractivity contribution is 0.404. The monoisotopic (exact) mass is 310 g/mol. The lowest BCUT2D eigenvalue weighted by atomic mass is 9.97. The van der Waals surface area contributed by atoms with Crippen LogP contribution in [0, 0.1) is 6.92 Å². The predicted octanol–water partition coefficient (Wildman–Crippen LogP) is 3.86. The van der Waals surface area contributed by atoms with Crippen LogP contribution in [0.2, 0.25) is 10.0 Å². The summed E-state index contributed by atoms with van der Waals surface area (Å²) in [5.41, 5.74) is 5.60. The molecule has 0 heterocycles. The summed E-state index contributed by atoms with van der Waals surface area (Å²) in [4.78, 5) is 0. The van der Waals surface area contributed by atoms with Gasteiger partial charge in [0.25, 0.3) is 0 Å². The summed E-state index contributed by atoms with van der Waals surface area (Å²) in [6.45, 7) is 2.00. The highest BCUT2D eigenvalue weighted by atomic mass is 35.5. The van der Waals surface area contributed by atoms with E-state index >= 15 is 0 Å². The van der Waals surface area contributed by atoms with Gasteiger partial charge in [0.1, 0.15) is 5.75 Å². The highest BCUT2D eigenvalue weighted by molar-refractivity contribution is 6.33. The number of halogens is 2. The minimum Gasteiger partial charge on any atom is -0.496 e. The first-order chi connectivity index (χ1) is 9.56. The zero-order chi connectivity index (χ0) is 14.7. The van der Waals surface area contributed by atoms with Crippen LogP contribution in [0.4, 0.5) is 0 Å². The van der Waals surface area contributed by atoms with Crippen molar-refractivity contribution in [3.63, 3.8) is 0 Å². The molecule has 5 heteroatoms. The van der Waals surface area contributed by atoms with Crippen LogP contribution in [-0.4, -0.2) is 7.11 Å². The molecule has 1 atom stereocenters. The van der Waals surface area contributed by atoms with Gasteiger partial charge in [-0.05, 0) is 42.3 Å². The number of hydrogen-bond donors (Lipinski definition) is 2. The van der Waals surface area contributed by atoms with Crippen LogP contribution in [-0.2, 0) is 0 Å². The van der Waals surface area contributed by atoms with Gasteiger partial charge in [-0.1, -0.05) is 35.3 Å².